The molecule has 3 rings (SSSR count). The van der Waals surface area contributed by atoms with Crippen LogP contribution in [-0.2, 0) is 0 Å². The van der Waals surface area contributed by atoms with Gasteiger partial charge in [0.2, 0.25) is 0 Å². The summed E-state index contributed by atoms with van der Waals surface area (Å²) in [4.78, 5) is 15.0. The van der Waals surface area contributed by atoms with E-state index in [0.29, 0.717) is 22.7 Å². The van der Waals surface area contributed by atoms with Crippen molar-refractivity contribution in [2.75, 3.05) is 12.3 Å². The Balaban J connectivity index is 1.90. The Kier molecular flexibility index (Phi) is 3.36. The Morgan fingerprint density at radius 3 is 2.71 bits per heavy atom. The molecule has 0 spiro atoms. The number of likely N-dealkylation sites (tertiary alicyclic amines) is 1. The highest BCUT2D eigenvalue weighted by Crippen LogP contribution is 2.52. The molecule has 2 aliphatic rings. The third kappa shape index (κ3) is 2.70. The van der Waals surface area contributed by atoms with E-state index in [2.05, 4.69) is 41.6 Å². The normalized spacial score (nSPS) is 30.5. The molecule has 1 amide bonds. The van der Waals surface area contributed by atoms with Crippen LogP contribution in [0.4, 0.5) is 5.69 Å². The lowest BCUT2D eigenvalue weighted by molar-refractivity contribution is 0.0709. The van der Waals surface area contributed by atoms with E-state index in [1.807, 2.05) is 12.1 Å². The molecule has 2 N–H and O–H groups in total. The molecule has 2 atom stereocenters. The monoisotopic (exact) mass is 350 g/mol. The number of benzene rings is 1. The van der Waals surface area contributed by atoms with Crippen molar-refractivity contribution in [3.8, 4) is 0 Å². The second kappa shape index (κ2) is 4.73. The van der Waals surface area contributed by atoms with Crippen molar-refractivity contribution in [2.24, 2.45) is 10.8 Å². The molecule has 1 aliphatic heterocycles. The summed E-state index contributed by atoms with van der Waals surface area (Å²) in [6, 6.07) is 5.88. The highest BCUT2D eigenvalue weighted by molar-refractivity contribution is 9.10. The van der Waals surface area contributed by atoms with Crippen LogP contribution in [0.15, 0.2) is 22.7 Å². The first kappa shape index (κ1) is 14.9. The molecule has 114 valence electrons. The maximum absolute atomic E-state index is 12.9. The predicted octanol–water partition coefficient (Wildman–Crippen LogP) is 4.07. The van der Waals surface area contributed by atoms with E-state index in [4.69, 9.17) is 5.73 Å². The summed E-state index contributed by atoms with van der Waals surface area (Å²) in [6.45, 7) is 7.81. The molecule has 1 aliphatic carbocycles. The van der Waals surface area contributed by atoms with Crippen molar-refractivity contribution in [1.82, 2.24) is 4.90 Å². The predicted molar refractivity (Wildman–Crippen MR) is 89.1 cm³/mol. The first-order chi connectivity index (χ1) is 9.69. The second-order valence-electron chi connectivity index (χ2n) is 7.88. The van der Waals surface area contributed by atoms with Crippen LogP contribution in [0.5, 0.6) is 0 Å². The van der Waals surface area contributed by atoms with Gasteiger partial charge in [0, 0.05) is 22.7 Å². The SMILES string of the molecule is CC1(C)CC2CC(C)(CN2C(=O)c2ccc(Br)cc2N)C1. The lowest BCUT2D eigenvalue weighted by Crippen LogP contribution is -2.38. The van der Waals surface area contributed by atoms with E-state index in [1.165, 1.54) is 6.42 Å². The number of anilines is 1. The van der Waals surface area contributed by atoms with E-state index in [1.54, 1.807) is 6.07 Å². The maximum Gasteiger partial charge on any atom is 0.256 e. The molecule has 2 bridgehead atoms. The van der Waals surface area contributed by atoms with Gasteiger partial charge in [-0.2, -0.15) is 0 Å². The first-order valence-electron chi connectivity index (χ1n) is 7.55. The molecule has 2 unspecified atom stereocenters. The van der Waals surface area contributed by atoms with Crippen molar-refractivity contribution < 1.29 is 4.79 Å². The molecule has 4 heteroatoms. The Morgan fingerprint density at radius 1 is 1.33 bits per heavy atom. The van der Waals surface area contributed by atoms with Crippen molar-refractivity contribution in [2.45, 2.75) is 46.1 Å². The Bertz CT molecular complexity index is 598. The summed E-state index contributed by atoms with van der Waals surface area (Å²) < 4.78 is 0.907. The van der Waals surface area contributed by atoms with Crippen LogP contribution in [0.25, 0.3) is 0 Å². The smallest absolute Gasteiger partial charge is 0.256 e. The van der Waals surface area contributed by atoms with Crippen LogP contribution in [0, 0.1) is 10.8 Å². The number of nitrogen functional groups attached to an aromatic ring is 1. The van der Waals surface area contributed by atoms with Crippen molar-refractivity contribution in [1.29, 1.82) is 0 Å². The summed E-state index contributed by atoms with van der Waals surface area (Å²) in [6.07, 6.45) is 3.40. The average molecular weight is 351 g/mol. The minimum absolute atomic E-state index is 0.0893. The maximum atomic E-state index is 12.9. The fraction of sp³-hybridized carbons (Fsp3) is 0.588. The van der Waals surface area contributed by atoms with E-state index in [-0.39, 0.29) is 11.3 Å². The lowest BCUT2D eigenvalue weighted by Gasteiger charge is -2.39. The van der Waals surface area contributed by atoms with Crippen molar-refractivity contribution in [3.05, 3.63) is 28.2 Å². The van der Waals surface area contributed by atoms with Gasteiger partial charge in [0.25, 0.3) is 5.91 Å². The van der Waals surface area contributed by atoms with Crippen LogP contribution >= 0.6 is 15.9 Å². The van der Waals surface area contributed by atoms with Gasteiger partial charge in [-0.05, 0) is 48.3 Å². The van der Waals surface area contributed by atoms with Gasteiger partial charge in [-0.1, -0.05) is 36.7 Å². The fourth-order valence-electron chi connectivity index (χ4n) is 4.58. The van der Waals surface area contributed by atoms with Gasteiger partial charge in [0.1, 0.15) is 0 Å². The van der Waals surface area contributed by atoms with Gasteiger partial charge in [0.15, 0.2) is 0 Å². The first-order valence-corrected chi connectivity index (χ1v) is 8.35. The van der Waals surface area contributed by atoms with E-state index in [0.717, 1.165) is 23.9 Å². The number of nitrogens with zero attached hydrogens (tertiary/aromatic N) is 1. The molecule has 1 aromatic rings. The third-order valence-corrected chi connectivity index (χ3v) is 5.41. The number of hydrogen-bond acceptors (Lipinski definition) is 2. The van der Waals surface area contributed by atoms with Gasteiger partial charge in [-0.15, -0.1) is 0 Å². The van der Waals surface area contributed by atoms with Crippen molar-refractivity contribution >= 4 is 27.5 Å². The zero-order chi connectivity index (χ0) is 15.4. The van der Waals surface area contributed by atoms with Gasteiger partial charge in [0.05, 0.1) is 5.56 Å². The molecule has 3 nitrogen and oxygen atoms in total. The zero-order valence-corrected chi connectivity index (χ0v) is 14.5. The number of fused-ring (bicyclic) bond motifs is 2. The summed E-state index contributed by atoms with van der Waals surface area (Å²) in [7, 11) is 0. The Hall–Kier alpha value is -1.03. The van der Waals surface area contributed by atoms with Crippen molar-refractivity contribution in [3.63, 3.8) is 0 Å². The molecule has 21 heavy (non-hydrogen) atoms. The van der Waals surface area contributed by atoms with Gasteiger partial charge in [-0.25, -0.2) is 0 Å². The summed E-state index contributed by atoms with van der Waals surface area (Å²) in [5, 5.41) is 0. The quantitative estimate of drug-likeness (QED) is 0.775. The van der Waals surface area contributed by atoms with Gasteiger partial charge < -0.3 is 10.6 Å². The number of rotatable bonds is 1. The average Bonchev–Trinajstić information content (AvgIpc) is 2.57. The molecule has 0 radical (unpaired) electrons. The van der Waals surface area contributed by atoms with E-state index < -0.39 is 0 Å². The fourth-order valence-corrected chi connectivity index (χ4v) is 4.96. The molecule has 1 aromatic carbocycles. The van der Waals surface area contributed by atoms with Crippen LogP contribution in [0.2, 0.25) is 0 Å². The van der Waals surface area contributed by atoms with Crippen LogP contribution in [0.3, 0.4) is 0 Å². The Morgan fingerprint density at radius 2 is 2.05 bits per heavy atom. The number of carbonyl (C=O) groups is 1. The van der Waals surface area contributed by atoms with E-state index in [9.17, 15) is 4.79 Å². The molecule has 0 aromatic heterocycles. The summed E-state index contributed by atoms with van der Waals surface area (Å²) >= 11 is 3.39. The number of nitrogens with two attached hydrogens (primary N) is 1. The number of carbonyl (C=O) groups excluding carboxylic acids is 1. The second-order valence-corrected chi connectivity index (χ2v) is 8.79. The highest BCUT2D eigenvalue weighted by atomic mass is 79.9. The third-order valence-electron chi connectivity index (χ3n) is 4.92. The summed E-state index contributed by atoms with van der Waals surface area (Å²) in [5.41, 5.74) is 7.80. The molecule has 1 saturated carbocycles. The topological polar surface area (TPSA) is 46.3 Å². The lowest BCUT2D eigenvalue weighted by atomic mass is 9.65. The molecule has 1 heterocycles. The largest absolute Gasteiger partial charge is 0.398 e. The molecular weight excluding hydrogens is 328 g/mol. The molecular formula is C17H23BrN2O. The van der Waals surface area contributed by atoms with Crippen LogP contribution in [0.1, 0.15) is 50.4 Å². The standard InChI is InChI=1S/C17H23BrN2O/c1-16(2)7-12-8-17(3,9-16)10-20(12)15(21)13-5-4-11(18)6-14(13)19/h4-6,12H,7-10,19H2,1-3H3. The minimum Gasteiger partial charge on any atom is -0.398 e. The van der Waals surface area contributed by atoms with Crippen LogP contribution < -0.4 is 5.73 Å². The van der Waals surface area contributed by atoms with E-state index >= 15 is 0 Å². The number of halogens is 1. The van der Waals surface area contributed by atoms with Crippen LogP contribution in [-0.4, -0.2) is 23.4 Å². The zero-order valence-electron chi connectivity index (χ0n) is 12.9. The number of hydrogen-bond donors (Lipinski definition) is 1. The van der Waals surface area contributed by atoms with Gasteiger partial charge >= 0.3 is 0 Å². The highest BCUT2D eigenvalue weighted by Gasteiger charge is 2.51. The number of amides is 1. The minimum atomic E-state index is 0.0893. The molecule has 1 saturated heterocycles. The Labute approximate surface area is 135 Å². The summed E-state index contributed by atoms with van der Waals surface area (Å²) in [5.74, 6) is 0.0893. The molecule has 2 fully saturated rings. The van der Waals surface area contributed by atoms with Gasteiger partial charge in [-0.3, -0.25) is 4.79 Å².